The second kappa shape index (κ2) is 9.71. The number of thiazole rings is 1. The van der Waals surface area contributed by atoms with Crippen LogP contribution in [0, 0.1) is 11.7 Å². The van der Waals surface area contributed by atoms with Crippen molar-refractivity contribution in [1.29, 1.82) is 0 Å². The summed E-state index contributed by atoms with van der Waals surface area (Å²) in [4.78, 5) is 15.4. The number of hydrogen-bond donors (Lipinski definition) is 2. The maximum atomic E-state index is 14.1. The van der Waals surface area contributed by atoms with Crippen molar-refractivity contribution < 1.29 is 27.4 Å². The van der Waals surface area contributed by atoms with Crippen molar-refractivity contribution >= 4 is 33.0 Å². The third-order valence-corrected chi connectivity index (χ3v) is 9.03. The lowest BCUT2D eigenvalue weighted by Crippen LogP contribution is -2.13. The molecule has 0 atom stereocenters. The Morgan fingerprint density at radius 2 is 1.85 bits per heavy atom. The minimum atomic E-state index is -4.10. The molecule has 0 radical (unpaired) electrons. The highest BCUT2D eigenvalue weighted by atomic mass is 32.2. The van der Waals surface area contributed by atoms with Crippen molar-refractivity contribution in [2.24, 2.45) is 5.92 Å². The van der Waals surface area contributed by atoms with Crippen LogP contribution in [0.5, 0.6) is 5.75 Å². The number of halogens is 1. The van der Waals surface area contributed by atoms with Gasteiger partial charge >= 0.3 is 5.97 Å². The molecule has 0 bridgehead atoms. The van der Waals surface area contributed by atoms with Crippen molar-refractivity contribution in [2.45, 2.75) is 42.7 Å². The van der Waals surface area contributed by atoms with Gasteiger partial charge in [-0.15, -0.1) is 11.3 Å². The van der Waals surface area contributed by atoms with E-state index in [1.165, 1.54) is 44.6 Å². The molecule has 4 rings (SSSR count). The van der Waals surface area contributed by atoms with Gasteiger partial charge in [-0.05, 0) is 36.3 Å². The number of nitrogens with one attached hydrogen (secondary N) is 1. The molecule has 0 aliphatic heterocycles. The van der Waals surface area contributed by atoms with Gasteiger partial charge in [0.05, 0.1) is 24.6 Å². The minimum Gasteiger partial charge on any atom is -0.495 e. The Morgan fingerprint density at radius 3 is 2.47 bits per heavy atom. The van der Waals surface area contributed by atoms with Crippen LogP contribution < -0.4 is 9.46 Å². The molecule has 2 N–H and O–H groups in total. The molecule has 3 aromatic rings. The van der Waals surface area contributed by atoms with Gasteiger partial charge in [0.15, 0.2) is 4.21 Å². The first kappa shape index (κ1) is 24.2. The molecule has 34 heavy (non-hydrogen) atoms. The summed E-state index contributed by atoms with van der Waals surface area (Å²) in [6, 6.07) is 9.80. The summed E-state index contributed by atoms with van der Waals surface area (Å²) in [5.41, 5.74) is 1.28. The third-order valence-electron chi connectivity index (χ3n) is 6.16. The molecule has 1 aromatic heterocycles. The lowest BCUT2D eigenvalue weighted by atomic mass is 9.79. The van der Waals surface area contributed by atoms with E-state index in [9.17, 15) is 17.6 Å². The Kier molecular flexibility index (Phi) is 6.90. The van der Waals surface area contributed by atoms with Crippen LogP contribution in [0.2, 0.25) is 0 Å². The Balaban J connectivity index is 1.53. The van der Waals surface area contributed by atoms with E-state index in [0.29, 0.717) is 10.9 Å². The molecule has 1 aliphatic carbocycles. The monoisotopic (exact) mass is 504 g/mol. The number of sulfonamides is 1. The van der Waals surface area contributed by atoms with Gasteiger partial charge in [-0.25, -0.2) is 22.6 Å². The molecular formula is C24H25FN2O5S2. The van der Waals surface area contributed by atoms with Crippen LogP contribution in [0.25, 0.3) is 10.6 Å². The van der Waals surface area contributed by atoms with Gasteiger partial charge in [0.25, 0.3) is 10.0 Å². The van der Waals surface area contributed by atoms with E-state index in [2.05, 4.69) is 28.8 Å². The van der Waals surface area contributed by atoms with Crippen LogP contribution in [0.15, 0.2) is 46.8 Å². The molecule has 0 amide bonds. The number of methoxy groups -OCH3 is 1. The Labute approximate surface area is 201 Å². The summed E-state index contributed by atoms with van der Waals surface area (Å²) in [6.45, 7) is 2.29. The fraction of sp³-hybridized carbons (Fsp3) is 0.333. The molecule has 0 saturated heterocycles. The predicted molar refractivity (Wildman–Crippen MR) is 129 cm³/mol. The van der Waals surface area contributed by atoms with Crippen LogP contribution >= 0.6 is 11.3 Å². The molecule has 2 aromatic carbocycles. The number of carboxylic acids is 1. The van der Waals surface area contributed by atoms with Gasteiger partial charge in [-0.2, -0.15) is 0 Å². The number of nitrogens with zero attached hydrogens (tertiary/aromatic N) is 1. The normalized spacial score (nSPS) is 18.4. The summed E-state index contributed by atoms with van der Waals surface area (Å²) in [6.07, 6.45) is 6.08. The SMILES string of the molecule is COc1cc(C(=O)O)c(F)cc1NS(=O)(=O)c1cnc(-c2ccc([C@H]3CC[C@H](C)CC3)cc2)s1. The highest BCUT2D eigenvalue weighted by Crippen LogP contribution is 2.37. The van der Waals surface area contributed by atoms with Crippen LogP contribution in [-0.2, 0) is 10.0 Å². The van der Waals surface area contributed by atoms with Crippen molar-refractivity contribution in [2.75, 3.05) is 11.8 Å². The molecule has 0 unspecified atom stereocenters. The van der Waals surface area contributed by atoms with Crippen LogP contribution in [-0.4, -0.2) is 31.6 Å². The molecule has 1 aliphatic rings. The van der Waals surface area contributed by atoms with Crippen molar-refractivity contribution in [3.05, 3.63) is 59.5 Å². The van der Waals surface area contributed by atoms with E-state index in [1.807, 2.05) is 12.1 Å². The predicted octanol–water partition coefficient (Wildman–Crippen LogP) is 5.75. The van der Waals surface area contributed by atoms with Gasteiger partial charge in [-0.3, -0.25) is 4.72 Å². The van der Waals surface area contributed by atoms with Crippen LogP contribution in [0.1, 0.15) is 54.4 Å². The Hall–Kier alpha value is -2.98. The van der Waals surface area contributed by atoms with E-state index >= 15 is 0 Å². The van der Waals surface area contributed by atoms with Gasteiger partial charge < -0.3 is 9.84 Å². The van der Waals surface area contributed by atoms with Gasteiger partial charge in [0, 0.05) is 11.6 Å². The molecule has 7 nitrogen and oxygen atoms in total. The number of carbonyl (C=O) groups is 1. The van der Waals surface area contributed by atoms with E-state index < -0.39 is 27.4 Å². The minimum absolute atomic E-state index is 0.0578. The topological polar surface area (TPSA) is 106 Å². The maximum absolute atomic E-state index is 14.1. The zero-order valence-electron chi connectivity index (χ0n) is 18.7. The molecule has 10 heteroatoms. The lowest BCUT2D eigenvalue weighted by molar-refractivity contribution is 0.0691. The first-order chi connectivity index (χ1) is 16.2. The van der Waals surface area contributed by atoms with E-state index in [-0.39, 0.29) is 15.6 Å². The molecule has 1 saturated carbocycles. The molecular weight excluding hydrogens is 479 g/mol. The maximum Gasteiger partial charge on any atom is 0.338 e. The fourth-order valence-electron chi connectivity index (χ4n) is 4.17. The van der Waals surface area contributed by atoms with E-state index in [1.54, 1.807) is 0 Å². The molecule has 180 valence electrons. The zero-order chi connectivity index (χ0) is 24.5. The van der Waals surface area contributed by atoms with Crippen molar-refractivity contribution in [3.63, 3.8) is 0 Å². The average molecular weight is 505 g/mol. The summed E-state index contributed by atoms with van der Waals surface area (Å²) >= 11 is 0.989. The second-order valence-electron chi connectivity index (χ2n) is 8.51. The summed E-state index contributed by atoms with van der Waals surface area (Å²) in [5, 5.41) is 9.60. The lowest BCUT2D eigenvalue weighted by Gasteiger charge is -2.26. The Bertz CT molecular complexity index is 1300. The number of carboxylic acid groups (broad SMARTS) is 1. The molecule has 0 spiro atoms. The Morgan fingerprint density at radius 1 is 1.18 bits per heavy atom. The summed E-state index contributed by atoms with van der Waals surface area (Å²) < 4.78 is 47.2. The van der Waals surface area contributed by atoms with Crippen LogP contribution in [0.3, 0.4) is 0 Å². The number of rotatable bonds is 7. The van der Waals surface area contributed by atoms with E-state index in [4.69, 9.17) is 9.84 Å². The van der Waals surface area contributed by atoms with Gasteiger partial charge in [-0.1, -0.05) is 44.0 Å². The van der Waals surface area contributed by atoms with Crippen molar-refractivity contribution in [1.82, 2.24) is 4.98 Å². The first-order valence-corrected chi connectivity index (χ1v) is 13.2. The van der Waals surface area contributed by atoms with Gasteiger partial charge in [0.2, 0.25) is 0 Å². The smallest absolute Gasteiger partial charge is 0.338 e. The molecule has 1 heterocycles. The quantitative estimate of drug-likeness (QED) is 0.424. The number of hydrogen-bond acceptors (Lipinski definition) is 6. The summed E-state index contributed by atoms with van der Waals surface area (Å²) in [7, 11) is -2.87. The average Bonchev–Trinajstić information content (AvgIpc) is 3.31. The summed E-state index contributed by atoms with van der Waals surface area (Å²) in [5.74, 6) is -1.33. The first-order valence-electron chi connectivity index (χ1n) is 10.9. The second-order valence-corrected chi connectivity index (χ2v) is 11.4. The van der Waals surface area contributed by atoms with Gasteiger partial charge in [0.1, 0.15) is 16.6 Å². The third kappa shape index (κ3) is 5.07. The number of anilines is 1. The van der Waals surface area contributed by atoms with E-state index in [0.717, 1.165) is 35.0 Å². The number of aromatic nitrogens is 1. The number of ether oxygens (including phenoxy) is 1. The highest BCUT2D eigenvalue weighted by molar-refractivity contribution is 7.94. The molecule has 1 fully saturated rings. The standard InChI is InChI=1S/C24H25FN2O5S2/c1-14-3-5-15(6-4-14)16-7-9-17(10-8-16)23-26-13-22(33-23)34(30,31)27-20-12-19(25)18(24(28)29)11-21(20)32-2/h7-15,27H,3-6H2,1-2H3,(H,28,29)/t14-,15-. The number of aromatic carboxylic acids is 1. The van der Waals surface area contributed by atoms with Crippen molar-refractivity contribution in [3.8, 4) is 16.3 Å². The number of benzene rings is 2. The fourth-order valence-corrected chi connectivity index (χ4v) is 6.37. The van der Waals surface area contributed by atoms with Crippen LogP contribution in [0.4, 0.5) is 10.1 Å². The largest absolute Gasteiger partial charge is 0.495 e. The highest BCUT2D eigenvalue weighted by Gasteiger charge is 2.24. The zero-order valence-corrected chi connectivity index (χ0v) is 20.4.